The van der Waals surface area contributed by atoms with Crippen molar-refractivity contribution < 1.29 is 4.79 Å². The van der Waals surface area contributed by atoms with E-state index < -0.39 is 0 Å². The largest absolute Gasteiger partial charge is 0.325 e. The summed E-state index contributed by atoms with van der Waals surface area (Å²) in [4.78, 5) is 16.4. The Labute approximate surface area is 153 Å². The summed E-state index contributed by atoms with van der Waals surface area (Å²) >= 11 is 13.2. The molecule has 1 amide bonds. The van der Waals surface area contributed by atoms with Crippen LogP contribution in [-0.4, -0.2) is 21.2 Å². The number of thioether (sulfide) groups is 1. The van der Waals surface area contributed by atoms with E-state index in [1.807, 2.05) is 35.0 Å². The van der Waals surface area contributed by atoms with Crippen LogP contribution < -0.4 is 5.32 Å². The standard InChI is InChI=1S/C17H13Cl2N3OS/c18-12-4-6-15(7-5-12)22-9-8-20-17(22)24-11-16(23)21-14-3-1-2-13(19)10-14/h1-10H,11H2,(H,21,23). The van der Waals surface area contributed by atoms with E-state index in [2.05, 4.69) is 10.3 Å². The molecule has 0 fully saturated rings. The maximum atomic E-state index is 12.1. The molecule has 0 spiro atoms. The number of benzene rings is 2. The summed E-state index contributed by atoms with van der Waals surface area (Å²) in [6, 6.07) is 14.5. The lowest BCUT2D eigenvalue weighted by Crippen LogP contribution is -2.14. The van der Waals surface area contributed by atoms with E-state index in [1.54, 1.807) is 30.5 Å². The van der Waals surface area contributed by atoms with E-state index >= 15 is 0 Å². The molecule has 3 aromatic rings. The fourth-order valence-corrected chi connectivity index (χ4v) is 3.18. The first kappa shape index (κ1) is 16.9. The molecule has 0 aliphatic carbocycles. The number of anilines is 1. The molecule has 24 heavy (non-hydrogen) atoms. The minimum absolute atomic E-state index is 0.118. The lowest BCUT2D eigenvalue weighted by molar-refractivity contribution is -0.113. The Kier molecular flexibility index (Phi) is 5.45. The van der Waals surface area contributed by atoms with Crippen LogP contribution in [0, 0.1) is 0 Å². The van der Waals surface area contributed by atoms with Crippen molar-refractivity contribution in [2.75, 3.05) is 11.1 Å². The summed E-state index contributed by atoms with van der Waals surface area (Å²) in [7, 11) is 0. The van der Waals surface area contributed by atoms with Crippen molar-refractivity contribution in [1.82, 2.24) is 9.55 Å². The predicted octanol–water partition coefficient (Wildman–Crippen LogP) is 4.91. The number of nitrogens with zero attached hydrogens (tertiary/aromatic N) is 2. The van der Waals surface area contributed by atoms with Gasteiger partial charge in [-0.15, -0.1) is 0 Å². The van der Waals surface area contributed by atoms with Gasteiger partial charge < -0.3 is 5.32 Å². The highest BCUT2D eigenvalue weighted by atomic mass is 35.5. The molecule has 2 aromatic carbocycles. The van der Waals surface area contributed by atoms with Gasteiger partial charge >= 0.3 is 0 Å². The molecule has 4 nitrogen and oxygen atoms in total. The lowest BCUT2D eigenvalue weighted by Gasteiger charge is -2.08. The average Bonchev–Trinajstić information content (AvgIpc) is 3.02. The molecule has 0 saturated carbocycles. The Morgan fingerprint density at radius 2 is 1.92 bits per heavy atom. The number of nitrogens with one attached hydrogen (secondary N) is 1. The van der Waals surface area contributed by atoms with Gasteiger partial charge in [0.05, 0.1) is 5.75 Å². The van der Waals surface area contributed by atoms with Gasteiger partial charge in [0.25, 0.3) is 0 Å². The predicted molar refractivity (Wildman–Crippen MR) is 99.4 cm³/mol. The third kappa shape index (κ3) is 4.32. The van der Waals surface area contributed by atoms with E-state index in [9.17, 15) is 4.79 Å². The quantitative estimate of drug-likeness (QED) is 0.642. The van der Waals surface area contributed by atoms with Gasteiger partial charge in [-0.05, 0) is 42.5 Å². The molecule has 1 N–H and O–H groups in total. The van der Waals surface area contributed by atoms with E-state index in [-0.39, 0.29) is 11.7 Å². The minimum atomic E-state index is -0.118. The normalized spacial score (nSPS) is 10.6. The van der Waals surface area contributed by atoms with Crippen molar-refractivity contribution in [2.24, 2.45) is 0 Å². The second-order valence-corrected chi connectivity index (χ2v) is 6.72. The molecule has 0 aliphatic heterocycles. The number of carbonyl (C=O) groups is 1. The zero-order chi connectivity index (χ0) is 16.9. The molecule has 1 aromatic heterocycles. The third-order valence-electron chi connectivity index (χ3n) is 3.15. The number of hydrogen-bond donors (Lipinski definition) is 1. The van der Waals surface area contributed by atoms with Crippen LogP contribution in [0.4, 0.5) is 5.69 Å². The minimum Gasteiger partial charge on any atom is -0.325 e. The Balaban J connectivity index is 1.64. The van der Waals surface area contributed by atoms with E-state index in [4.69, 9.17) is 23.2 Å². The highest BCUT2D eigenvalue weighted by molar-refractivity contribution is 7.99. The van der Waals surface area contributed by atoms with Crippen molar-refractivity contribution in [3.8, 4) is 5.69 Å². The maximum Gasteiger partial charge on any atom is 0.234 e. The summed E-state index contributed by atoms with van der Waals surface area (Å²) in [6.07, 6.45) is 3.55. The highest BCUT2D eigenvalue weighted by Gasteiger charge is 2.09. The SMILES string of the molecule is O=C(CSc1nccn1-c1ccc(Cl)cc1)Nc1cccc(Cl)c1. The van der Waals surface area contributed by atoms with Crippen LogP contribution in [0.25, 0.3) is 5.69 Å². The second kappa shape index (κ2) is 7.75. The van der Waals surface area contributed by atoms with Gasteiger partial charge in [0.1, 0.15) is 0 Å². The Morgan fingerprint density at radius 1 is 1.12 bits per heavy atom. The summed E-state index contributed by atoms with van der Waals surface area (Å²) in [5.41, 5.74) is 1.61. The maximum absolute atomic E-state index is 12.1. The zero-order valence-electron chi connectivity index (χ0n) is 12.4. The van der Waals surface area contributed by atoms with Crippen LogP contribution in [0.15, 0.2) is 66.1 Å². The fraction of sp³-hybridized carbons (Fsp3) is 0.0588. The van der Waals surface area contributed by atoms with E-state index in [0.717, 1.165) is 10.8 Å². The summed E-state index contributed by atoms with van der Waals surface area (Å²) in [5, 5.41) is 4.81. The third-order valence-corrected chi connectivity index (χ3v) is 4.61. The van der Waals surface area contributed by atoms with Crippen LogP contribution in [-0.2, 0) is 4.79 Å². The molecule has 0 aliphatic rings. The van der Waals surface area contributed by atoms with Gasteiger partial charge in [0.15, 0.2) is 5.16 Å². The van der Waals surface area contributed by atoms with Crippen molar-refractivity contribution in [2.45, 2.75) is 5.16 Å². The van der Waals surface area contributed by atoms with Crippen molar-refractivity contribution in [3.63, 3.8) is 0 Å². The van der Waals surface area contributed by atoms with Crippen molar-refractivity contribution in [3.05, 3.63) is 71.0 Å². The number of carbonyl (C=O) groups excluding carboxylic acids is 1. The van der Waals surface area contributed by atoms with E-state index in [1.165, 1.54) is 11.8 Å². The fourth-order valence-electron chi connectivity index (χ4n) is 2.09. The molecule has 0 atom stereocenters. The molecular weight excluding hydrogens is 365 g/mol. The number of imidazole rings is 1. The zero-order valence-corrected chi connectivity index (χ0v) is 14.8. The van der Waals surface area contributed by atoms with Crippen LogP contribution in [0.1, 0.15) is 0 Å². The molecule has 0 unspecified atom stereocenters. The van der Waals surface area contributed by atoms with Crippen LogP contribution >= 0.6 is 35.0 Å². The molecule has 0 saturated heterocycles. The molecular formula is C17H13Cl2N3OS. The van der Waals surface area contributed by atoms with Crippen LogP contribution in [0.3, 0.4) is 0 Å². The number of amides is 1. The van der Waals surface area contributed by atoms with Crippen molar-refractivity contribution in [1.29, 1.82) is 0 Å². The Bertz CT molecular complexity index is 849. The van der Waals surface area contributed by atoms with Gasteiger partial charge in [0, 0.05) is 33.8 Å². The topological polar surface area (TPSA) is 46.9 Å². The highest BCUT2D eigenvalue weighted by Crippen LogP contribution is 2.22. The van der Waals surface area contributed by atoms with Crippen molar-refractivity contribution >= 4 is 46.6 Å². The molecule has 3 rings (SSSR count). The summed E-state index contributed by atoms with van der Waals surface area (Å²) in [6.45, 7) is 0. The molecule has 7 heteroatoms. The molecule has 122 valence electrons. The van der Waals surface area contributed by atoms with Gasteiger partial charge in [-0.25, -0.2) is 4.98 Å². The number of hydrogen-bond acceptors (Lipinski definition) is 3. The van der Waals surface area contributed by atoms with E-state index in [0.29, 0.717) is 15.7 Å². The monoisotopic (exact) mass is 377 g/mol. The van der Waals surface area contributed by atoms with Crippen LogP contribution in [0.5, 0.6) is 0 Å². The number of halogens is 2. The smallest absolute Gasteiger partial charge is 0.234 e. The molecule has 0 radical (unpaired) electrons. The molecule has 1 heterocycles. The summed E-state index contributed by atoms with van der Waals surface area (Å²) in [5.74, 6) is 0.129. The first-order chi connectivity index (χ1) is 11.6. The summed E-state index contributed by atoms with van der Waals surface area (Å²) < 4.78 is 1.91. The number of rotatable bonds is 5. The first-order valence-corrected chi connectivity index (χ1v) is 8.83. The van der Waals surface area contributed by atoms with Crippen LogP contribution in [0.2, 0.25) is 10.0 Å². The average molecular weight is 378 g/mol. The van der Waals surface area contributed by atoms with Gasteiger partial charge in [-0.1, -0.05) is 41.0 Å². The first-order valence-electron chi connectivity index (χ1n) is 7.09. The Hall–Kier alpha value is -1.95. The molecule has 0 bridgehead atoms. The van der Waals surface area contributed by atoms with Gasteiger partial charge in [0.2, 0.25) is 5.91 Å². The lowest BCUT2D eigenvalue weighted by atomic mass is 10.3. The second-order valence-electron chi connectivity index (χ2n) is 4.90. The van der Waals surface area contributed by atoms with Gasteiger partial charge in [-0.3, -0.25) is 9.36 Å². The number of aromatic nitrogens is 2. The van der Waals surface area contributed by atoms with Gasteiger partial charge in [-0.2, -0.15) is 0 Å². The Morgan fingerprint density at radius 3 is 2.67 bits per heavy atom.